The van der Waals surface area contributed by atoms with Crippen LogP contribution in [-0.4, -0.2) is 46.0 Å². The van der Waals surface area contributed by atoms with Crippen molar-refractivity contribution in [3.63, 3.8) is 0 Å². The molecule has 0 amide bonds. The first-order valence-corrected chi connectivity index (χ1v) is 11.3. The SMILES string of the molecule is CCCCC[SiH2]OCCOCCO[SiH2]CCCCC. The van der Waals surface area contributed by atoms with Crippen molar-refractivity contribution in [3.8, 4) is 0 Å². The largest absolute Gasteiger partial charge is 0.422 e. The summed E-state index contributed by atoms with van der Waals surface area (Å²) >= 11 is 0. The average Bonchev–Trinajstić information content (AvgIpc) is 2.43. The highest BCUT2D eigenvalue weighted by Gasteiger charge is 1.93. The molecule has 0 radical (unpaired) electrons. The van der Waals surface area contributed by atoms with Gasteiger partial charge in [0.2, 0.25) is 0 Å². The predicted octanol–water partition coefficient (Wildman–Crippen LogP) is 2.42. The van der Waals surface area contributed by atoms with Gasteiger partial charge in [0, 0.05) is 0 Å². The summed E-state index contributed by atoms with van der Waals surface area (Å²) in [6.07, 6.45) is 8.01. The Bertz CT molecular complexity index is 144. The van der Waals surface area contributed by atoms with E-state index in [1.165, 1.54) is 50.6 Å². The second kappa shape index (κ2) is 18.3. The van der Waals surface area contributed by atoms with Gasteiger partial charge in [0.25, 0.3) is 0 Å². The van der Waals surface area contributed by atoms with Crippen LogP contribution in [0.4, 0.5) is 0 Å². The molecule has 0 rings (SSSR count). The highest BCUT2D eigenvalue weighted by atomic mass is 28.2. The molecule has 0 saturated heterocycles. The molecule has 0 aliphatic rings. The summed E-state index contributed by atoms with van der Waals surface area (Å²) in [5.74, 6) is 0. The Kier molecular flexibility index (Phi) is 18.6. The molecular weight excluding hydrogens is 272 g/mol. The minimum atomic E-state index is -0.269. The van der Waals surface area contributed by atoms with Crippen molar-refractivity contribution in [1.82, 2.24) is 0 Å². The second-order valence-corrected chi connectivity index (χ2v) is 8.01. The fraction of sp³-hybridized carbons (Fsp3) is 1.00. The third-order valence-electron chi connectivity index (χ3n) is 3.03. The van der Waals surface area contributed by atoms with Crippen LogP contribution in [0.15, 0.2) is 0 Å². The normalized spacial score (nSPS) is 12.3. The summed E-state index contributed by atoms with van der Waals surface area (Å²) in [5, 5.41) is 0. The summed E-state index contributed by atoms with van der Waals surface area (Å²) < 4.78 is 16.8. The van der Waals surface area contributed by atoms with Crippen LogP contribution < -0.4 is 0 Å². The van der Waals surface area contributed by atoms with Crippen molar-refractivity contribution in [2.75, 3.05) is 26.4 Å². The Morgan fingerprint density at radius 2 is 1.11 bits per heavy atom. The molecule has 0 N–H and O–H groups in total. The van der Waals surface area contributed by atoms with Crippen molar-refractivity contribution in [1.29, 1.82) is 0 Å². The van der Waals surface area contributed by atoms with E-state index >= 15 is 0 Å². The molecule has 3 nitrogen and oxygen atoms in total. The topological polar surface area (TPSA) is 27.7 Å². The molecule has 0 aromatic carbocycles. The Hall–Kier alpha value is 0.314. The lowest BCUT2D eigenvalue weighted by Crippen LogP contribution is -2.12. The van der Waals surface area contributed by atoms with E-state index in [1.807, 2.05) is 0 Å². The van der Waals surface area contributed by atoms with Crippen LogP contribution >= 0.6 is 0 Å². The van der Waals surface area contributed by atoms with Gasteiger partial charge in [-0.15, -0.1) is 0 Å². The van der Waals surface area contributed by atoms with Crippen molar-refractivity contribution in [3.05, 3.63) is 0 Å². The summed E-state index contributed by atoms with van der Waals surface area (Å²) in [6, 6.07) is 2.64. The van der Waals surface area contributed by atoms with Gasteiger partial charge < -0.3 is 13.6 Å². The van der Waals surface area contributed by atoms with Crippen LogP contribution in [0, 0.1) is 0 Å². The zero-order valence-electron chi connectivity index (χ0n) is 13.1. The lowest BCUT2D eigenvalue weighted by Gasteiger charge is -2.06. The molecule has 0 fully saturated rings. The van der Waals surface area contributed by atoms with E-state index in [1.54, 1.807) is 0 Å². The monoisotopic (exact) mass is 306 g/mol. The van der Waals surface area contributed by atoms with Gasteiger partial charge in [-0.2, -0.15) is 0 Å². The van der Waals surface area contributed by atoms with Crippen LogP contribution in [0.2, 0.25) is 12.1 Å². The van der Waals surface area contributed by atoms with Crippen LogP contribution in [0.1, 0.15) is 52.4 Å². The van der Waals surface area contributed by atoms with Gasteiger partial charge in [-0.1, -0.05) is 52.4 Å². The molecule has 0 unspecified atom stereocenters. The Morgan fingerprint density at radius 3 is 1.53 bits per heavy atom. The van der Waals surface area contributed by atoms with Gasteiger partial charge in [0.1, 0.15) is 0 Å². The zero-order chi connectivity index (χ0) is 14.0. The third kappa shape index (κ3) is 18.3. The van der Waals surface area contributed by atoms with Crippen LogP contribution in [0.5, 0.6) is 0 Å². The third-order valence-corrected chi connectivity index (χ3v) is 5.76. The van der Waals surface area contributed by atoms with Gasteiger partial charge in [-0.25, -0.2) is 0 Å². The number of hydrogen-bond donors (Lipinski definition) is 0. The molecule has 0 aliphatic carbocycles. The Morgan fingerprint density at radius 1 is 0.632 bits per heavy atom. The van der Waals surface area contributed by atoms with Crippen molar-refractivity contribution >= 4 is 19.5 Å². The van der Waals surface area contributed by atoms with E-state index in [-0.39, 0.29) is 19.5 Å². The first-order valence-electron chi connectivity index (χ1n) is 8.15. The number of ether oxygens (including phenoxy) is 1. The van der Waals surface area contributed by atoms with Gasteiger partial charge in [0.15, 0.2) is 19.5 Å². The molecule has 0 spiro atoms. The summed E-state index contributed by atoms with van der Waals surface area (Å²) in [6.45, 7) is 7.53. The van der Waals surface area contributed by atoms with E-state index in [4.69, 9.17) is 13.6 Å². The number of rotatable bonds is 16. The van der Waals surface area contributed by atoms with Crippen molar-refractivity contribution in [2.45, 2.75) is 64.5 Å². The fourth-order valence-corrected chi connectivity index (χ4v) is 3.97. The summed E-state index contributed by atoms with van der Waals surface area (Å²) in [7, 11) is -0.539. The quantitative estimate of drug-likeness (QED) is 0.324. The van der Waals surface area contributed by atoms with Gasteiger partial charge in [0.05, 0.1) is 26.4 Å². The van der Waals surface area contributed by atoms with Crippen LogP contribution in [0.25, 0.3) is 0 Å². The molecular formula is C14H34O3Si2. The summed E-state index contributed by atoms with van der Waals surface area (Å²) in [4.78, 5) is 0. The maximum Gasteiger partial charge on any atom is 0.161 e. The molecule has 0 aromatic rings. The maximum atomic E-state index is 5.63. The lowest BCUT2D eigenvalue weighted by molar-refractivity contribution is 0.0782. The minimum absolute atomic E-state index is 0.269. The molecule has 0 aliphatic heterocycles. The zero-order valence-corrected chi connectivity index (χ0v) is 16.0. The highest BCUT2D eigenvalue weighted by Crippen LogP contribution is 1.99. The highest BCUT2D eigenvalue weighted by molar-refractivity contribution is 6.27. The molecule has 0 aromatic heterocycles. The van der Waals surface area contributed by atoms with E-state index in [0.717, 1.165) is 26.4 Å². The van der Waals surface area contributed by atoms with E-state index in [2.05, 4.69) is 13.8 Å². The lowest BCUT2D eigenvalue weighted by atomic mass is 10.3. The van der Waals surface area contributed by atoms with Gasteiger partial charge >= 0.3 is 0 Å². The van der Waals surface area contributed by atoms with Crippen molar-refractivity contribution < 1.29 is 13.6 Å². The molecule has 0 heterocycles. The van der Waals surface area contributed by atoms with Gasteiger partial charge in [-0.05, 0) is 12.1 Å². The molecule has 0 saturated carbocycles. The van der Waals surface area contributed by atoms with E-state index in [9.17, 15) is 0 Å². The van der Waals surface area contributed by atoms with Crippen LogP contribution in [0.3, 0.4) is 0 Å². The Labute approximate surface area is 124 Å². The average molecular weight is 307 g/mol. The van der Waals surface area contributed by atoms with Crippen molar-refractivity contribution in [2.24, 2.45) is 0 Å². The second-order valence-electron chi connectivity index (χ2n) is 4.96. The fourth-order valence-electron chi connectivity index (χ4n) is 1.80. The summed E-state index contributed by atoms with van der Waals surface area (Å²) in [5.41, 5.74) is 0. The maximum absolute atomic E-state index is 5.63. The molecule has 5 heteroatoms. The first-order chi connectivity index (χ1) is 9.41. The molecule has 0 atom stereocenters. The van der Waals surface area contributed by atoms with Gasteiger partial charge in [-0.3, -0.25) is 0 Å². The Balaban J connectivity index is 2.88. The molecule has 19 heavy (non-hydrogen) atoms. The van der Waals surface area contributed by atoms with Crippen LogP contribution in [-0.2, 0) is 13.6 Å². The number of hydrogen-bond acceptors (Lipinski definition) is 3. The van der Waals surface area contributed by atoms with E-state index < -0.39 is 0 Å². The number of unbranched alkanes of at least 4 members (excludes halogenated alkanes) is 4. The minimum Gasteiger partial charge on any atom is -0.422 e. The molecule has 0 bridgehead atoms. The van der Waals surface area contributed by atoms with E-state index in [0.29, 0.717) is 0 Å². The molecule has 116 valence electrons. The standard InChI is InChI=1S/C14H34O3Si2/c1-3-5-7-13-18-16-11-9-15-10-12-17-19-14-8-6-4-2/h3-14,18-19H2,1-2H3. The first kappa shape index (κ1) is 19.3. The smallest absolute Gasteiger partial charge is 0.161 e. The predicted molar refractivity (Wildman–Crippen MR) is 88.5 cm³/mol.